The lowest BCUT2D eigenvalue weighted by molar-refractivity contribution is -0.174. The highest BCUT2D eigenvalue weighted by molar-refractivity contribution is 7.08. The summed E-state index contributed by atoms with van der Waals surface area (Å²) in [6.45, 7) is 7.05. The molecule has 7 nitrogen and oxygen atoms in total. The van der Waals surface area contributed by atoms with Gasteiger partial charge >= 0.3 is 5.97 Å². The normalized spacial score (nSPS) is 14.3. The Balaban J connectivity index is 2.63. The number of esters is 1. The van der Waals surface area contributed by atoms with E-state index in [4.69, 9.17) is 14.2 Å². The lowest BCUT2D eigenvalue weighted by Crippen LogP contribution is -2.48. The predicted octanol–water partition coefficient (Wildman–Crippen LogP) is 1.34. The number of carbonyl (C=O) groups is 1. The minimum Gasteiger partial charge on any atom is -0.486 e. The molecule has 0 amide bonds. The van der Waals surface area contributed by atoms with E-state index >= 15 is 0 Å². The van der Waals surface area contributed by atoms with Crippen molar-refractivity contribution in [1.29, 1.82) is 0 Å². The third-order valence-electron chi connectivity index (χ3n) is 2.70. The number of rotatable bonds is 7. The zero-order valence-electron chi connectivity index (χ0n) is 13.8. The average molecular weight is 332 g/mol. The molecule has 0 fully saturated rings. The van der Waals surface area contributed by atoms with Crippen LogP contribution in [-0.2, 0) is 16.1 Å². The van der Waals surface area contributed by atoms with Crippen molar-refractivity contribution in [3.63, 3.8) is 0 Å². The Bertz CT molecular complexity index is 486. The van der Waals surface area contributed by atoms with Crippen molar-refractivity contribution >= 4 is 17.5 Å². The minimum atomic E-state index is -1.63. The van der Waals surface area contributed by atoms with Gasteiger partial charge in [-0.1, -0.05) is 0 Å². The molecule has 0 bridgehead atoms. The van der Waals surface area contributed by atoms with Gasteiger partial charge in [-0.05, 0) is 27.7 Å². The fourth-order valence-electron chi connectivity index (χ4n) is 1.64. The average Bonchev–Trinajstić information content (AvgIpc) is 2.78. The molecule has 2 N–H and O–H groups in total. The quantitative estimate of drug-likeness (QED) is 0.728. The molecular weight excluding hydrogens is 308 g/mol. The van der Waals surface area contributed by atoms with Gasteiger partial charge in [0.25, 0.3) is 0 Å². The van der Waals surface area contributed by atoms with E-state index in [-0.39, 0.29) is 6.54 Å². The van der Waals surface area contributed by atoms with E-state index < -0.39 is 17.2 Å². The number of aliphatic hydroxyl groups is 1. The summed E-state index contributed by atoms with van der Waals surface area (Å²) in [5, 5.41) is 13.8. The van der Waals surface area contributed by atoms with Crippen LogP contribution in [0.4, 0.5) is 0 Å². The fourth-order valence-corrected chi connectivity index (χ4v) is 2.33. The molecule has 126 valence electrons. The Morgan fingerprint density at radius 3 is 2.41 bits per heavy atom. The third-order valence-corrected chi connectivity index (χ3v) is 3.54. The lowest BCUT2D eigenvalue weighted by Gasteiger charge is -2.27. The molecule has 1 aromatic heterocycles. The molecule has 0 aliphatic heterocycles. The number of methoxy groups -OCH3 is 2. The molecule has 0 spiro atoms. The molecule has 0 radical (unpaired) electrons. The number of nitrogens with one attached hydrogen (secondary N) is 1. The van der Waals surface area contributed by atoms with Crippen molar-refractivity contribution < 1.29 is 24.1 Å². The summed E-state index contributed by atoms with van der Waals surface area (Å²) < 4.78 is 19.7. The van der Waals surface area contributed by atoms with Gasteiger partial charge in [0.05, 0.1) is 19.8 Å². The number of carbonyl (C=O) groups excluding carboxylic acids is 1. The van der Waals surface area contributed by atoms with Crippen molar-refractivity contribution in [3.8, 4) is 10.9 Å². The van der Waals surface area contributed by atoms with Crippen LogP contribution in [0.2, 0.25) is 0 Å². The maximum Gasteiger partial charge on any atom is 0.339 e. The third kappa shape index (κ3) is 5.11. The van der Waals surface area contributed by atoms with Gasteiger partial charge in [-0.25, -0.2) is 4.79 Å². The van der Waals surface area contributed by atoms with Crippen molar-refractivity contribution in [3.05, 3.63) is 5.56 Å². The standard InChI is InChI=1S/C14H24N2O5S/c1-13(2,3)21-12(17)14(4,18)8-15-7-9-10(19-5)16-22-11(9)20-6/h15,18H,7-8H2,1-6H3. The molecular formula is C14H24N2O5S. The van der Waals surface area contributed by atoms with Gasteiger partial charge in [-0.15, -0.1) is 0 Å². The van der Waals surface area contributed by atoms with Crippen LogP contribution in [0.25, 0.3) is 0 Å². The maximum absolute atomic E-state index is 11.9. The number of ether oxygens (including phenoxy) is 3. The summed E-state index contributed by atoms with van der Waals surface area (Å²) in [5.74, 6) is -0.207. The van der Waals surface area contributed by atoms with Crippen LogP contribution < -0.4 is 14.8 Å². The highest BCUT2D eigenvalue weighted by Gasteiger charge is 2.34. The van der Waals surface area contributed by atoms with Crippen LogP contribution in [0, 0.1) is 0 Å². The lowest BCUT2D eigenvalue weighted by atomic mass is 10.1. The Labute approximate surface area is 134 Å². The first kappa shape index (κ1) is 18.7. The van der Waals surface area contributed by atoms with Crippen LogP contribution >= 0.6 is 11.5 Å². The first-order valence-electron chi connectivity index (χ1n) is 6.84. The smallest absolute Gasteiger partial charge is 0.339 e. The van der Waals surface area contributed by atoms with Gasteiger partial charge in [-0.2, -0.15) is 4.37 Å². The van der Waals surface area contributed by atoms with Crippen LogP contribution in [0.1, 0.15) is 33.3 Å². The molecule has 0 saturated heterocycles. The zero-order chi connectivity index (χ0) is 17.0. The van der Waals surface area contributed by atoms with E-state index in [2.05, 4.69) is 9.69 Å². The summed E-state index contributed by atoms with van der Waals surface area (Å²) in [6.07, 6.45) is 0. The van der Waals surface area contributed by atoms with Crippen LogP contribution in [0.5, 0.6) is 10.9 Å². The summed E-state index contributed by atoms with van der Waals surface area (Å²) >= 11 is 1.18. The fraction of sp³-hybridized carbons (Fsp3) is 0.714. The molecule has 0 saturated carbocycles. The molecule has 1 rings (SSSR count). The van der Waals surface area contributed by atoms with Crippen LogP contribution in [0.3, 0.4) is 0 Å². The van der Waals surface area contributed by atoms with Crippen LogP contribution in [-0.4, -0.2) is 47.4 Å². The van der Waals surface area contributed by atoms with Crippen LogP contribution in [0.15, 0.2) is 0 Å². The number of aromatic nitrogens is 1. The number of hydrogen-bond acceptors (Lipinski definition) is 8. The SMILES string of the molecule is COc1nsc(OC)c1CNCC(C)(O)C(=O)OC(C)(C)C. The molecule has 1 aromatic rings. The molecule has 1 unspecified atom stereocenters. The first-order valence-corrected chi connectivity index (χ1v) is 7.61. The van der Waals surface area contributed by atoms with E-state index in [1.165, 1.54) is 25.6 Å². The van der Waals surface area contributed by atoms with E-state index in [1.54, 1.807) is 27.9 Å². The topological polar surface area (TPSA) is 89.9 Å². The van der Waals surface area contributed by atoms with E-state index in [0.29, 0.717) is 17.5 Å². The molecule has 1 atom stereocenters. The molecule has 0 aliphatic carbocycles. The van der Waals surface area contributed by atoms with Crippen molar-refractivity contribution in [2.45, 2.75) is 45.4 Å². The second-order valence-electron chi connectivity index (χ2n) is 6.04. The molecule has 22 heavy (non-hydrogen) atoms. The van der Waals surface area contributed by atoms with Gasteiger partial charge in [0.1, 0.15) is 5.60 Å². The van der Waals surface area contributed by atoms with Crippen molar-refractivity contribution in [2.75, 3.05) is 20.8 Å². The van der Waals surface area contributed by atoms with E-state index in [1.807, 2.05) is 0 Å². The van der Waals surface area contributed by atoms with Gasteiger partial charge in [0.15, 0.2) is 5.60 Å². The van der Waals surface area contributed by atoms with Gasteiger partial charge in [0, 0.05) is 24.6 Å². The Hall–Kier alpha value is -1.38. The number of hydrogen-bond donors (Lipinski definition) is 2. The van der Waals surface area contributed by atoms with Gasteiger partial charge < -0.3 is 24.6 Å². The second kappa shape index (κ2) is 7.26. The summed E-state index contributed by atoms with van der Waals surface area (Å²) in [4.78, 5) is 11.9. The van der Waals surface area contributed by atoms with Gasteiger partial charge in [0.2, 0.25) is 10.9 Å². The first-order chi connectivity index (χ1) is 10.1. The predicted molar refractivity (Wildman–Crippen MR) is 83.4 cm³/mol. The van der Waals surface area contributed by atoms with Crippen molar-refractivity contribution in [1.82, 2.24) is 9.69 Å². The minimum absolute atomic E-state index is 0.0318. The monoisotopic (exact) mass is 332 g/mol. The molecule has 1 heterocycles. The summed E-state index contributed by atoms with van der Waals surface area (Å²) in [7, 11) is 3.07. The van der Waals surface area contributed by atoms with E-state index in [0.717, 1.165) is 5.56 Å². The molecule has 8 heteroatoms. The largest absolute Gasteiger partial charge is 0.486 e. The summed E-state index contributed by atoms with van der Waals surface area (Å²) in [6, 6.07) is 0. The Morgan fingerprint density at radius 1 is 1.27 bits per heavy atom. The molecule has 0 aromatic carbocycles. The second-order valence-corrected chi connectivity index (χ2v) is 6.78. The summed E-state index contributed by atoms with van der Waals surface area (Å²) in [5.41, 5.74) is -1.53. The highest BCUT2D eigenvalue weighted by atomic mass is 32.1. The molecule has 0 aliphatic rings. The van der Waals surface area contributed by atoms with Gasteiger partial charge in [-0.3, -0.25) is 0 Å². The zero-order valence-corrected chi connectivity index (χ0v) is 14.7. The Kier molecular flexibility index (Phi) is 6.16. The maximum atomic E-state index is 11.9. The highest BCUT2D eigenvalue weighted by Crippen LogP contribution is 2.32. The number of nitrogens with zero attached hydrogens (tertiary/aromatic N) is 1. The Morgan fingerprint density at radius 2 is 1.91 bits per heavy atom. The van der Waals surface area contributed by atoms with E-state index in [9.17, 15) is 9.90 Å². The van der Waals surface area contributed by atoms with Crippen molar-refractivity contribution in [2.24, 2.45) is 0 Å².